The molecule has 0 heterocycles. The van der Waals surface area contributed by atoms with Crippen LogP contribution < -0.4 is 5.32 Å². The summed E-state index contributed by atoms with van der Waals surface area (Å²) in [6.07, 6.45) is 7.74. The minimum atomic E-state index is 0.224. The van der Waals surface area contributed by atoms with Gasteiger partial charge >= 0.3 is 0 Å². The standard InChI is InChI=1S/C24H37NO2/c1-14(2)12-18-13-16(4)19-9-8-15(3)20-22(19)21(18)17(5)23(24(20)27)25-10-6-7-11-26/h12,15-16,18-19,25-27H,6-11,13H2,1-5H3/t15-,16-,18+,19+/m0/s1. The molecule has 0 amide bonds. The van der Waals surface area contributed by atoms with Gasteiger partial charge in [-0.2, -0.15) is 0 Å². The summed E-state index contributed by atoms with van der Waals surface area (Å²) in [6, 6.07) is 0. The number of phenolic OH excluding ortho intramolecular Hbond substituents is 1. The van der Waals surface area contributed by atoms with Crippen LogP contribution in [0.3, 0.4) is 0 Å². The molecule has 27 heavy (non-hydrogen) atoms. The van der Waals surface area contributed by atoms with E-state index in [0.29, 0.717) is 29.4 Å². The van der Waals surface area contributed by atoms with Crippen LogP contribution in [0.5, 0.6) is 5.75 Å². The first-order chi connectivity index (χ1) is 12.9. The number of aliphatic hydroxyl groups is 1. The van der Waals surface area contributed by atoms with E-state index < -0.39 is 0 Å². The average Bonchev–Trinajstić information content (AvgIpc) is 2.59. The van der Waals surface area contributed by atoms with E-state index in [2.05, 4.69) is 46.0 Å². The maximum atomic E-state index is 11.2. The van der Waals surface area contributed by atoms with Crippen molar-refractivity contribution in [3.05, 3.63) is 33.9 Å². The lowest BCUT2D eigenvalue weighted by Crippen LogP contribution is -2.28. The fourth-order valence-corrected chi connectivity index (χ4v) is 5.49. The summed E-state index contributed by atoms with van der Waals surface area (Å²) >= 11 is 0. The van der Waals surface area contributed by atoms with Gasteiger partial charge in [-0.15, -0.1) is 0 Å². The molecule has 0 spiro atoms. The van der Waals surface area contributed by atoms with Crippen LogP contribution in [0.4, 0.5) is 5.69 Å². The summed E-state index contributed by atoms with van der Waals surface area (Å²) in [7, 11) is 0. The molecule has 0 radical (unpaired) electrons. The average molecular weight is 372 g/mol. The second-order valence-corrected chi connectivity index (χ2v) is 9.10. The number of rotatable bonds is 6. The number of aliphatic hydroxyl groups excluding tert-OH is 1. The second-order valence-electron chi connectivity index (χ2n) is 9.10. The van der Waals surface area contributed by atoms with Crippen molar-refractivity contribution in [1.29, 1.82) is 0 Å². The molecular weight excluding hydrogens is 334 g/mol. The molecular formula is C24H37NO2. The zero-order chi connectivity index (χ0) is 19.7. The minimum absolute atomic E-state index is 0.224. The summed E-state index contributed by atoms with van der Waals surface area (Å²) in [5.74, 6) is 2.58. The zero-order valence-electron chi connectivity index (χ0n) is 17.7. The van der Waals surface area contributed by atoms with Crippen molar-refractivity contribution in [1.82, 2.24) is 0 Å². The fourth-order valence-electron chi connectivity index (χ4n) is 5.49. The van der Waals surface area contributed by atoms with Crippen LogP contribution in [0.2, 0.25) is 0 Å². The molecule has 4 atom stereocenters. The van der Waals surface area contributed by atoms with Gasteiger partial charge in [0.2, 0.25) is 0 Å². The van der Waals surface area contributed by atoms with Gasteiger partial charge in [0, 0.05) is 24.6 Å². The second kappa shape index (κ2) is 8.26. The van der Waals surface area contributed by atoms with Crippen molar-refractivity contribution in [2.24, 2.45) is 5.92 Å². The predicted octanol–water partition coefficient (Wildman–Crippen LogP) is 5.96. The third kappa shape index (κ3) is 3.76. The third-order valence-electron chi connectivity index (χ3n) is 6.73. The van der Waals surface area contributed by atoms with Crippen molar-refractivity contribution in [2.45, 2.75) is 84.5 Å². The van der Waals surface area contributed by atoms with Crippen LogP contribution in [0.15, 0.2) is 11.6 Å². The first kappa shape index (κ1) is 20.3. The SMILES string of the molecule is CC(C)=C[C@@H]1C[C@H](C)[C@H]2CC[C@H](C)c3c(O)c(NCCCCO)c(C)c1c32. The highest BCUT2D eigenvalue weighted by atomic mass is 16.3. The van der Waals surface area contributed by atoms with Gasteiger partial charge in [0.25, 0.3) is 0 Å². The van der Waals surface area contributed by atoms with Crippen molar-refractivity contribution in [2.75, 3.05) is 18.5 Å². The third-order valence-corrected chi connectivity index (χ3v) is 6.73. The first-order valence-electron chi connectivity index (χ1n) is 10.8. The number of hydrogen-bond donors (Lipinski definition) is 3. The molecule has 3 nitrogen and oxygen atoms in total. The molecule has 3 heteroatoms. The van der Waals surface area contributed by atoms with E-state index >= 15 is 0 Å². The van der Waals surface area contributed by atoms with Gasteiger partial charge in [-0.1, -0.05) is 25.5 Å². The number of nitrogens with one attached hydrogen (secondary N) is 1. The molecule has 0 saturated heterocycles. The number of unbranched alkanes of at least 4 members (excludes halogenated alkanes) is 1. The lowest BCUT2D eigenvalue weighted by Gasteiger charge is -2.43. The van der Waals surface area contributed by atoms with Gasteiger partial charge in [-0.05, 0) is 87.3 Å². The van der Waals surface area contributed by atoms with Gasteiger partial charge < -0.3 is 15.5 Å². The predicted molar refractivity (Wildman–Crippen MR) is 114 cm³/mol. The lowest BCUT2D eigenvalue weighted by molar-refractivity contribution is 0.286. The van der Waals surface area contributed by atoms with Crippen LogP contribution in [0.1, 0.15) is 99.8 Å². The van der Waals surface area contributed by atoms with E-state index in [4.69, 9.17) is 5.11 Å². The monoisotopic (exact) mass is 371 g/mol. The molecule has 0 bridgehead atoms. The molecule has 0 aliphatic heterocycles. The van der Waals surface area contributed by atoms with Gasteiger partial charge in [-0.3, -0.25) is 0 Å². The fraction of sp³-hybridized carbons (Fsp3) is 0.667. The molecule has 3 rings (SSSR count). The molecule has 2 aliphatic rings. The summed E-state index contributed by atoms with van der Waals surface area (Å²) in [4.78, 5) is 0. The van der Waals surface area contributed by atoms with E-state index in [0.717, 1.165) is 31.5 Å². The van der Waals surface area contributed by atoms with E-state index in [1.54, 1.807) is 0 Å². The summed E-state index contributed by atoms with van der Waals surface area (Å²) in [5, 5.41) is 23.8. The molecule has 0 fully saturated rings. The molecule has 0 saturated carbocycles. The highest BCUT2D eigenvalue weighted by Crippen LogP contribution is 2.57. The molecule has 1 aromatic carbocycles. The van der Waals surface area contributed by atoms with Crippen LogP contribution in [-0.2, 0) is 0 Å². The normalized spacial score (nSPS) is 26.4. The van der Waals surface area contributed by atoms with Crippen molar-refractivity contribution < 1.29 is 10.2 Å². The number of aromatic hydroxyl groups is 1. The first-order valence-corrected chi connectivity index (χ1v) is 10.8. The highest BCUT2D eigenvalue weighted by molar-refractivity contribution is 5.72. The Balaban J connectivity index is 2.15. The lowest BCUT2D eigenvalue weighted by atomic mass is 9.62. The Morgan fingerprint density at radius 3 is 2.52 bits per heavy atom. The zero-order valence-corrected chi connectivity index (χ0v) is 17.7. The number of benzene rings is 1. The molecule has 0 aromatic heterocycles. The maximum Gasteiger partial charge on any atom is 0.142 e. The summed E-state index contributed by atoms with van der Waals surface area (Å²) in [6.45, 7) is 12.2. The van der Waals surface area contributed by atoms with E-state index in [1.165, 1.54) is 40.7 Å². The molecule has 3 N–H and O–H groups in total. The Morgan fingerprint density at radius 1 is 1.11 bits per heavy atom. The van der Waals surface area contributed by atoms with Gasteiger partial charge in [-0.25, -0.2) is 0 Å². The van der Waals surface area contributed by atoms with Gasteiger partial charge in [0.05, 0.1) is 5.69 Å². The Kier molecular flexibility index (Phi) is 6.20. The van der Waals surface area contributed by atoms with E-state index in [-0.39, 0.29) is 6.61 Å². The van der Waals surface area contributed by atoms with Gasteiger partial charge in [0.15, 0.2) is 0 Å². The number of hydrogen-bond acceptors (Lipinski definition) is 3. The Morgan fingerprint density at radius 2 is 1.85 bits per heavy atom. The van der Waals surface area contributed by atoms with Crippen LogP contribution in [0.25, 0.3) is 0 Å². The van der Waals surface area contributed by atoms with Crippen molar-refractivity contribution in [3.63, 3.8) is 0 Å². The molecule has 0 unspecified atom stereocenters. The highest BCUT2D eigenvalue weighted by Gasteiger charge is 2.40. The smallest absolute Gasteiger partial charge is 0.142 e. The van der Waals surface area contributed by atoms with Crippen molar-refractivity contribution in [3.8, 4) is 5.75 Å². The number of anilines is 1. The maximum absolute atomic E-state index is 11.2. The topological polar surface area (TPSA) is 52.5 Å². The van der Waals surface area contributed by atoms with Crippen LogP contribution in [0, 0.1) is 12.8 Å². The van der Waals surface area contributed by atoms with Crippen molar-refractivity contribution >= 4 is 5.69 Å². The van der Waals surface area contributed by atoms with E-state index in [9.17, 15) is 5.11 Å². The number of phenols is 1. The quantitative estimate of drug-likeness (QED) is 0.329. The van der Waals surface area contributed by atoms with Crippen LogP contribution >= 0.6 is 0 Å². The largest absolute Gasteiger partial charge is 0.505 e. The Hall–Kier alpha value is -1.48. The Bertz CT molecular complexity index is 718. The summed E-state index contributed by atoms with van der Waals surface area (Å²) < 4.78 is 0. The molecule has 1 aromatic rings. The molecule has 150 valence electrons. The van der Waals surface area contributed by atoms with E-state index in [1.807, 2.05) is 0 Å². The number of allylic oxidation sites excluding steroid dienone is 2. The molecule has 2 aliphatic carbocycles. The van der Waals surface area contributed by atoms with Gasteiger partial charge in [0.1, 0.15) is 5.75 Å². The Labute approximate surface area is 164 Å². The van der Waals surface area contributed by atoms with Crippen LogP contribution in [-0.4, -0.2) is 23.4 Å². The minimum Gasteiger partial charge on any atom is -0.505 e. The summed E-state index contributed by atoms with van der Waals surface area (Å²) in [5.41, 5.74) is 7.66.